The van der Waals surface area contributed by atoms with Crippen molar-refractivity contribution in [1.82, 2.24) is 15.4 Å². The monoisotopic (exact) mass is 606 g/mol. The van der Waals surface area contributed by atoms with Gasteiger partial charge in [-0.2, -0.15) is 13.2 Å². The lowest BCUT2D eigenvalue weighted by atomic mass is 9.85. The number of rotatable bonds is 7. The Morgan fingerprint density at radius 3 is 2.30 bits per heavy atom. The minimum atomic E-state index is -3.67. The number of alkyl halides is 3. The molecule has 1 amide bonds. The Balaban J connectivity index is 0.000000996. The molecular formula is C29H33F3N4O7. The zero-order chi connectivity index (χ0) is 31.1. The van der Waals surface area contributed by atoms with Crippen LogP contribution >= 0.6 is 0 Å². The summed E-state index contributed by atoms with van der Waals surface area (Å²) in [6.07, 6.45) is 6.81. The fourth-order valence-corrected chi connectivity index (χ4v) is 5.45. The van der Waals surface area contributed by atoms with Crippen LogP contribution in [-0.4, -0.2) is 63.0 Å². The van der Waals surface area contributed by atoms with E-state index >= 15 is 0 Å². The summed E-state index contributed by atoms with van der Waals surface area (Å²) in [4.78, 5) is 25.9. The number of likely N-dealkylation sites (tertiary alicyclic amines) is 1. The molecule has 2 heterocycles. The summed E-state index contributed by atoms with van der Waals surface area (Å²) >= 11 is 0. The number of benzene rings is 2. The fraction of sp³-hybridized carbons (Fsp3) is 0.448. The van der Waals surface area contributed by atoms with E-state index in [1.165, 1.54) is 62.1 Å². The van der Waals surface area contributed by atoms with E-state index < -0.39 is 11.6 Å². The number of aromatic nitrogens is 1. The molecule has 232 valence electrons. The van der Waals surface area contributed by atoms with Crippen molar-refractivity contribution in [2.75, 3.05) is 13.1 Å². The van der Waals surface area contributed by atoms with E-state index in [2.05, 4.69) is 22.3 Å². The summed E-state index contributed by atoms with van der Waals surface area (Å²) in [5.74, 6) is 0.160. The molecule has 11 nitrogen and oxygen atoms in total. The number of halogens is 3. The zero-order valence-electron chi connectivity index (χ0n) is 23.4. The second kappa shape index (κ2) is 14.2. The van der Waals surface area contributed by atoms with Gasteiger partial charge in [-0.25, -0.2) is 0 Å². The Labute approximate surface area is 245 Å². The average molecular weight is 607 g/mol. The molecule has 1 saturated carbocycles. The van der Waals surface area contributed by atoms with Crippen LogP contribution in [0.3, 0.4) is 0 Å². The fourth-order valence-electron chi connectivity index (χ4n) is 5.45. The van der Waals surface area contributed by atoms with Crippen LogP contribution in [-0.2, 0) is 0 Å². The highest BCUT2D eigenvalue weighted by atomic mass is 19.4. The Hall–Kier alpha value is -4.33. The molecule has 0 bridgehead atoms. The number of hydrogen-bond donors (Lipinski definition) is 3. The summed E-state index contributed by atoms with van der Waals surface area (Å²) in [5.41, 5.74) is 0.0248. The first-order valence-corrected chi connectivity index (χ1v) is 13.9. The molecule has 1 aliphatic carbocycles. The number of nitrogens with one attached hydrogen (secondary N) is 1. The Bertz CT molecular complexity index is 1380. The zero-order valence-corrected chi connectivity index (χ0v) is 23.4. The highest BCUT2D eigenvalue weighted by molar-refractivity contribution is 5.93. The number of piperidine rings is 1. The van der Waals surface area contributed by atoms with Gasteiger partial charge in [0, 0.05) is 55.5 Å². The quantitative estimate of drug-likeness (QED) is 0.205. The molecule has 2 aliphatic rings. The summed E-state index contributed by atoms with van der Waals surface area (Å²) in [6.45, 7) is 0.570. The van der Waals surface area contributed by atoms with Gasteiger partial charge in [0.2, 0.25) is 0 Å². The van der Waals surface area contributed by atoms with E-state index in [-0.39, 0.29) is 57.7 Å². The van der Waals surface area contributed by atoms with Crippen LogP contribution in [0.1, 0.15) is 55.9 Å². The Morgan fingerprint density at radius 2 is 1.70 bits per heavy atom. The number of phenols is 2. The van der Waals surface area contributed by atoms with Crippen molar-refractivity contribution < 1.29 is 42.4 Å². The van der Waals surface area contributed by atoms with Gasteiger partial charge in [0.25, 0.3) is 11.6 Å². The molecule has 2 aromatic carbocycles. The van der Waals surface area contributed by atoms with Crippen molar-refractivity contribution in [1.29, 1.82) is 0 Å². The van der Waals surface area contributed by atoms with Crippen molar-refractivity contribution in [3.05, 3.63) is 58.3 Å². The lowest BCUT2D eigenvalue weighted by molar-refractivity contribution is -0.384. The highest BCUT2D eigenvalue weighted by Crippen LogP contribution is 2.43. The minimum Gasteiger partial charge on any atom is -0.508 e. The van der Waals surface area contributed by atoms with Gasteiger partial charge in [-0.1, -0.05) is 12.1 Å². The number of ether oxygens (including phenoxy) is 1. The smallest absolute Gasteiger partial charge is 0.379 e. The molecule has 0 unspecified atom stereocenters. The molecule has 3 N–H and O–H groups in total. The molecule has 43 heavy (non-hydrogen) atoms. The van der Waals surface area contributed by atoms with Crippen LogP contribution in [0.5, 0.6) is 23.0 Å². The maximum atomic E-state index is 12.9. The number of carbonyl (C=O) groups excluding carboxylic acids is 1. The average Bonchev–Trinajstić information content (AvgIpc) is 3.44. The molecule has 0 radical (unpaired) electrons. The van der Waals surface area contributed by atoms with Crippen molar-refractivity contribution in [3.8, 4) is 34.3 Å². The van der Waals surface area contributed by atoms with Crippen LogP contribution in [0, 0.1) is 16.0 Å². The molecule has 2 fully saturated rings. The second-order valence-corrected chi connectivity index (χ2v) is 10.7. The predicted octanol–water partition coefficient (Wildman–Crippen LogP) is 6.40. The Kier molecular flexibility index (Phi) is 10.5. The first kappa shape index (κ1) is 31.6. The van der Waals surface area contributed by atoms with Gasteiger partial charge in [0.05, 0.1) is 4.92 Å². The van der Waals surface area contributed by atoms with Gasteiger partial charge in [0.15, 0.2) is 11.5 Å². The first-order chi connectivity index (χ1) is 20.5. The van der Waals surface area contributed by atoms with Crippen LogP contribution in [0.2, 0.25) is 0 Å². The van der Waals surface area contributed by atoms with E-state index in [9.17, 15) is 38.3 Å². The van der Waals surface area contributed by atoms with Crippen molar-refractivity contribution in [2.45, 2.75) is 64.2 Å². The number of amides is 1. The number of non-ortho nitro benzene ring substituents is 1. The van der Waals surface area contributed by atoms with Crippen molar-refractivity contribution >= 4 is 11.6 Å². The summed E-state index contributed by atoms with van der Waals surface area (Å²) in [6, 6.07) is 9.80. The third-order valence-corrected chi connectivity index (χ3v) is 7.70. The lowest BCUT2D eigenvalue weighted by Crippen LogP contribution is -2.48. The van der Waals surface area contributed by atoms with Gasteiger partial charge in [-0.3, -0.25) is 14.9 Å². The third kappa shape index (κ3) is 8.60. The van der Waals surface area contributed by atoms with Crippen LogP contribution in [0.15, 0.2) is 47.0 Å². The number of carbonyl (C=O) groups is 1. The predicted molar refractivity (Wildman–Crippen MR) is 149 cm³/mol. The number of nitrogens with zero attached hydrogens (tertiary/aromatic N) is 3. The normalized spacial score (nSPS) is 19.4. The number of hydrogen-bond acceptors (Lipinski definition) is 9. The van der Waals surface area contributed by atoms with Gasteiger partial charge in [-0.05, 0) is 56.6 Å². The van der Waals surface area contributed by atoms with Crippen LogP contribution < -0.4 is 10.1 Å². The SMILES string of the molecule is CC1CCC(N2CCC(NC(=O)c3cc(-c4c(O)cc(O)cc4Oc4ccc([N+](=O)[O-])cc4)on3)CC2)CC1.FC(F)F. The highest BCUT2D eigenvalue weighted by Gasteiger charge is 2.29. The van der Waals surface area contributed by atoms with E-state index in [1.807, 2.05) is 0 Å². The van der Waals surface area contributed by atoms with E-state index in [1.54, 1.807) is 0 Å². The van der Waals surface area contributed by atoms with E-state index in [0.717, 1.165) is 37.9 Å². The Morgan fingerprint density at radius 1 is 1.07 bits per heavy atom. The number of nitro benzene ring substituents is 1. The van der Waals surface area contributed by atoms with Crippen LogP contribution in [0.25, 0.3) is 11.3 Å². The van der Waals surface area contributed by atoms with Gasteiger partial charge in [-0.15, -0.1) is 0 Å². The molecule has 0 spiro atoms. The van der Waals surface area contributed by atoms with E-state index in [0.29, 0.717) is 6.04 Å². The third-order valence-electron chi connectivity index (χ3n) is 7.70. The summed E-state index contributed by atoms with van der Waals surface area (Å²) in [5, 5.41) is 38.4. The second-order valence-electron chi connectivity index (χ2n) is 10.7. The molecule has 0 atom stereocenters. The van der Waals surface area contributed by atoms with Gasteiger partial charge < -0.3 is 29.7 Å². The van der Waals surface area contributed by atoms with Gasteiger partial charge >= 0.3 is 6.68 Å². The molecule has 5 rings (SSSR count). The first-order valence-electron chi connectivity index (χ1n) is 13.9. The maximum Gasteiger partial charge on any atom is 0.379 e. The largest absolute Gasteiger partial charge is 0.508 e. The summed E-state index contributed by atoms with van der Waals surface area (Å²) < 4.78 is 40.2. The van der Waals surface area contributed by atoms with Crippen molar-refractivity contribution in [2.24, 2.45) is 5.92 Å². The minimum absolute atomic E-state index is 0.0222. The molecule has 1 aromatic heterocycles. The number of nitro groups is 1. The van der Waals surface area contributed by atoms with Gasteiger partial charge in [0.1, 0.15) is 28.6 Å². The molecule has 14 heteroatoms. The maximum absolute atomic E-state index is 12.9. The van der Waals surface area contributed by atoms with Crippen LogP contribution in [0.4, 0.5) is 18.9 Å². The molecule has 1 saturated heterocycles. The molecular weight excluding hydrogens is 573 g/mol. The number of phenolic OH excluding ortho intramolecular Hbond substituents is 2. The van der Waals surface area contributed by atoms with E-state index in [4.69, 9.17) is 9.26 Å². The standard InChI is InChI=1S/C28H32N4O7.CHF3/c1-17-2-4-19(5-3-17)31-12-10-18(11-13-31)29-28(35)23-16-26(39-30-23)27-24(34)14-21(33)15-25(27)38-22-8-6-20(7-9-22)32(36)37;2-1(3)4/h6-9,14-19,33-34H,2-5,10-13H2,1H3,(H,29,35);1H. The molecule has 3 aromatic rings. The van der Waals surface area contributed by atoms with Crippen molar-refractivity contribution in [3.63, 3.8) is 0 Å². The lowest BCUT2D eigenvalue weighted by Gasteiger charge is -2.40. The molecule has 1 aliphatic heterocycles. The topological polar surface area (TPSA) is 151 Å². The number of aromatic hydroxyl groups is 2. The summed E-state index contributed by atoms with van der Waals surface area (Å²) in [7, 11) is 0.